The maximum atomic E-state index is 13.7. The fourth-order valence-electron chi connectivity index (χ4n) is 1.42. The van der Waals surface area contributed by atoms with Crippen LogP contribution in [0.15, 0.2) is 17.1 Å². The maximum Gasteiger partial charge on any atom is 0.417 e. The van der Waals surface area contributed by atoms with Crippen molar-refractivity contribution in [1.29, 1.82) is 0 Å². The summed E-state index contributed by atoms with van der Waals surface area (Å²) in [4.78, 5) is 22.6. The van der Waals surface area contributed by atoms with Gasteiger partial charge in [0, 0.05) is 13.2 Å². The predicted octanol–water partition coefficient (Wildman–Crippen LogP) is 2.06. The molecule has 0 aliphatic rings. The molecule has 0 fully saturated rings. The Morgan fingerprint density at radius 1 is 1.30 bits per heavy atom. The summed E-state index contributed by atoms with van der Waals surface area (Å²) in [6.07, 6.45) is -4.56. The monoisotopic (exact) mass is 299 g/mol. The zero-order valence-corrected chi connectivity index (χ0v) is 10.4. The quantitative estimate of drug-likeness (QED) is 0.634. The molecule has 0 aliphatic heterocycles. The third-order valence-corrected chi connectivity index (χ3v) is 2.38. The van der Waals surface area contributed by atoms with Crippen LogP contribution >= 0.6 is 0 Å². The van der Waals surface area contributed by atoms with E-state index in [2.05, 4.69) is 4.74 Å². The van der Waals surface area contributed by atoms with E-state index >= 15 is 0 Å². The number of pyridine rings is 1. The largest absolute Gasteiger partial charge is 0.461 e. The first-order valence-corrected chi connectivity index (χ1v) is 5.35. The summed E-state index contributed by atoms with van der Waals surface area (Å²) in [6, 6.07) is -0.0424. The molecule has 0 aromatic carbocycles. The van der Waals surface area contributed by atoms with Gasteiger partial charge in [0.1, 0.15) is 0 Å². The summed E-state index contributed by atoms with van der Waals surface area (Å²) in [5.41, 5.74) is -4.44. The first kappa shape index (κ1) is 16.1. The van der Waals surface area contributed by atoms with Gasteiger partial charge in [0.15, 0.2) is 0 Å². The second-order valence-corrected chi connectivity index (χ2v) is 3.85. The number of rotatable bonds is 3. The van der Waals surface area contributed by atoms with Crippen LogP contribution in [0.5, 0.6) is 0 Å². The number of hydrogen-bond acceptors (Lipinski definition) is 3. The number of hydrogen-bond donors (Lipinski definition) is 0. The minimum absolute atomic E-state index is 0.0424. The molecule has 0 atom stereocenters. The van der Waals surface area contributed by atoms with Crippen molar-refractivity contribution in [2.75, 3.05) is 6.61 Å². The minimum atomic E-state index is -4.93. The van der Waals surface area contributed by atoms with E-state index in [0.717, 1.165) is 7.05 Å². The molecule has 1 rings (SSSR count). The summed E-state index contributed by atoms with van der Waals surface area (Å²) in [5.74, 6) is -6.53. The number of nitrogens with zero attached hydrogens (tertiary/aromatic N) is 1. The van der Waals surface area contributed by atoms with Gasteiger partial charge in [-0.25, -0.2) is 4.79 Å². The molecule has 0 aliphatic carbocycles. The highest BCUT2D eigenvalue weighted by Crippen LogP contribution is 2.33. The summed E-state index contributed by atoms with van der Waals surface area (Å²) < 4.78 is 69.4. The highest BCUT2D eigenvalue weighted by molar-refractivity contribution is 5.79. The van der Waals surface area contributed by atoms with Gasteiger partial charge in [-0.05, 0) is 13.0 Å². The molecule has 0 saturated heterocycles. The molecule has 0 saturated carbocycles. The van der Waals surface area contributed by atoms with Gasteiger partial charge in [-0.3, -0.25) is 4.79 Å². The molecule has 1 aromatic heterocycles. The van der Waals surface area contributed by atoms with E-state index in [1.807, 2.05) is 0 Å². The van der Waals surface area contributed by atoms with E-state index in [0.29, 0.717) is 10.8 Å². The van der Waals surface area contributed by atoms with Crippen molar-refractivity contribution < 1.29 is 31.5 Å². The standard InChI is InChI=1S/C11H10F5NO3/c1-3-20-9(19)10(12,13)7-4-6(11(14,15)16)5-17(2)8(7)18/h4-5H,3H2,1-2H3. The maximum absolute atomic E-state index is 13.7. The number of carbonyl (C=O) groups excluding carboxylic acids is 1. The van der Waals surface area contributed by atoms with Crippen LogP contribution in [0.3, 0.4) is 0 Å². The molecule has 0 unspecified atom stereocenters. The third-order valence-electron chi connectivity index (χ3n) is 2.38. The zero-order valence-electron chi connectivity index (χ0n) is 10.4. The Labute approximate surface area is 109 Å². The van der Waals surface area contributed by atoms with Crippen LogP contribution < -0.4 is 5.56 Å². The molecule has 1 aromatic rings. The number of esters is 1. The number of halogens is 5. The van der Waals surface area contributed by atoms with Gasteiger partial charge in [0.25, 0.3) is 5.56 Å². The Hall–Kier alpha value is -1.93. The van der Waals surface area contributed by atoms with Crippen molar-refractivity contribution in [2.24, 2.45) is 7.05 Å². The highest BCUT2D eigenvalue weighted by Gasteiger charge is 2.46. The van der Waals surface area contributed by atoms with Crippen molar-refractivity contribution in [3.63, 3.8) is 0 Å². The van der Waals surface area contributed by atoms with Crippen LogP contribution in [-0.2, 0) is 28.7 Å². The van der Waals surface area contributed by atoms with Gasteiger partial charge < -0.3 is 9.30 Å². The van der Waals surface area contributed by atoms with Crippen molar-refractivity contribution in [1.82, 2.24) is 4.57 Å². The highest BCUT2D eigenvalue weighted by atomic mass is 19.4. The van der Waals surface area contributed by atoms with E-state index in [1.165, 1.54) is 6.92 Å². The molecule has 9 heteroatoms. The molecule has 1 heterocycles. The van der Waals surface area contributed by atoms with Crippen LogP contribution in [0.25, 0.3) is 0 Å². The lowest BCUT2D eigenvalue weighted by Gasteiger charge is -2.17. The van der Waals surface area contributed by atoms with Gasteiger partial charge in [-0.2, -0.15) is 22.0 Å². The number of ether oxygens (including phenoxy) is 1. The van der Waals surface area contributed by atoms with Gasteiger partial charge >= 0.3 is 18.1 Å². The SMILES string of the molecule is CCOC(=O)C(F)(F)c1cc(C(F)(F)F)cn(C)c1=O. The van der Waals surface area contributed by atoms with Crippen molar-refractivity contribution >= 4 is 5.97 Å². The van der Waals surface area contributed by atoms with E-state index in [9.17, 15) is 31.5 Å². The van der Waals surface area contributed by atoms with E-state index in [4.69, 9.17) is 0 Å². The van der Waals surface area contributed by atoms with Crippen molar-refractivity contribution in [3.8, 4) is 0 Å². The summed E-state index contributed by atoms with van der Waals surface area (Å²) >= 11 is 0. The minimum Gasteiger partial charge on any atom is -0.461 e. The first-order chi connectivity index (χ1) is 9.01. The summed E-state index contributed by atoms with van der Waals surface area (Å²) in [7, 11) is 0.877. The molecule has 0 N–H and O–H groups in total. The van der Waals surface area contributed by atoms with Gasteiger partial charge in [-0.1, -0.05) is 0 Å². The summed E-state index contributed by atoms with van der Waals surface area (Å²) in [6.45, 7) is 0.853. The fraction of sp³-hybridized carbons (Fsp3) is 0.455. The number of alkyl halides is 5. The van der Waals surface area contributed by atoms with Crippen molar-refractivity contribution in [3.05, 3.63) is 33.7 Å². The van der Waals surface area contributed by atoms with Crippen LogP contribution in [0.1, 0.15) is 18.1 Å². The average molecular weight is 299 g/mol. The van der Waals surface area contributed by atoms with Crippen molar-refractivity contribution in [2.45, 2.75) is 19.0 Å². The van der Waals surface area contributed by atoms with Crippen LogP contribution in [0, 0.1) is 0 Å². The fourth-order valence-corrected chi connectivity index (χ4v) is 1.42. The number of carbonyl (C=O) groups is 1. The Morgan fingerprint density at radius 3 is 2.30 bits per heavy atom. The molecule has 4 nitrogen and oxygen atoms in total. The van der Waals surface area contributed by atoms with Crippen LogP contribution in [0.4, 0.5) is 22.0 Å². The lowest BCUT2D eigenvalue weighted by molar-refractivity contribution is -0.173. The predicted molar refractivity (Wildman–Crippen MR) is 57.2 cm³/mol. The molecule has 0 radical (unpaired) electrons. The lowest BCUT2D eigenvalue weighted by atomic mass is 10.1. The van der Waals surface area contributed by atoms with Gasteiger partial charge in [0.05, 0.1) is 17.7 Å². The second-order valence-electron chi connectivity index (χ2n) is 3.85. The average Bonchev–Trinajstić information content (AvgIpc) is 2.31. The Kier molecular flexibility index (Phi) is 4.21. The third kappa shape index (κ3) is 2.97. The molecular formula is C11H10F5NO3. The van der Waals surface area contributed by atoms with E-state index < -0.39 is 41.4 Å². The second kappa shape index (κ2) is 5.22. The molecule has 20 heavy (non-hydrogen) atoms. The Balaban J connectivity index is 3.48. The first-order valence-electron chi connectivity index (χ1n) is 5.35. The van der Waals surface area contributed by atoms with Crippen LogP contribution in [-0.4, -0.2) is 17.1 Å². The van der Waals surface area contributed by atoms with E-state index in [1.54, 1.807) is 0 Å². The topological polar surface area (TPSA) is 48.3 Å². The smallest absolute Gasteiger partial charge is 0.417 e. The Morgan fingerprint density at radius 2 is 1.85 bits per heavy atom. The van der Waals surface area contributed by atoms with Gasteiger partial charge in [0.2, 0.25) is 0 Å². The molecular weight excluding hydrogens is 289 g/mol. The summed E-state index contributed by atoms with van der Waals surface area (Å²) in [5, 5.41) is 0. The number of aromatic nitrogens is 1. The number of aryl methyl sites for hydroxylation is 1. The molecule has 112 valence electrons. The van der Waals surface area contributed by atoms with E-state index in [-0.39, 0.29) is 6.07 Å². The normalized spacial score (nSPS) is 12.3. The Bertz CT molecular complexity index is 576. The zero-order chi connectivity index (χ0) is 15.7. The lowest BCUT2D eigenvalue weighted by Crippen LogP contribution is -2.37. The molecule has 0 amide bonds. The molecule has 0 bridgehead atoms. The molecule has 0 spiro atoms. The van der Waals surface area contributed by atoms with Crippen LogP contribution in [0.2, 0.25) is 0 Å². The van der Waals surface area contributed by atoms with Gasteiger partial charge in [-0.15, -0.1) is 0 Å².